The van der Waals surface area contributed by atoms with E-state index in [-0.39, 0.29) is 6.09 Å². The molecule has 1 aromatic heterocycles. The number of carbonyl (C=O) groups is 1. The van der Waals surface area contributed by atoms with Crippen LogP contribution < -0.4 is 0 Å². The molecule has 2 aliphatic rings. The molecular weight excluding hydrogens is 318 g/mol. The minimum Gasteiger partial charge on any atom is -0.444 e. The van der Waals surface area contributed by atoms with Crippen LogP contribution in [0.1, 0.15) is 58.1 Å². The molecule has 1 unspecified atom stereocenters. The third kappa shape index (κ3) is 3.81. The Balaban J connectivity index is 1.63. The van der Waals surface area contributed by atoms with Crippen LogP contribution in [-0.4, -0.2) is 61.4 Å². The van der Waals surface area contributed by atoms with Gasteiger partial charge in [-0.2, -0.15) is 0 Å². The molecule has 1 aromatic rings. The van der Waals surface area contributed by atoms with Gasteiger partial charge in [-0.15, -0.1) is 10.2 Å². The van der Waals surface area contributed by atoms with Gasteiger partial charge in [0.2, 0.25) is 0 Å². The number of nitrogens with zero attached hydrogens (tertiary/aromatic N) is 5. The molecule has 0 N–H and O–H groups in total. The van der Waals surface area contributed by atoms with Crippen molar-refractivity contribution in [1.29, 1.82) is 0 Å². The minimum atomic E-state index is -0.437. The quantitative estimate of drug-likeness (QED) is 0.839. The SMILES string of the molecule is Cc1nnc(CN(C)C2C[C@H]3CC[C@@H](C2)N3C(=O)OC(C)(C)C)n1C. The third-order valence-electron chi connectivity index (χ3n) is 5.51. The third-order valence-corrected chi connectivity index (χ3v) is 5.51. The zero-order valence-electron chi connectivity index (χ0n) is 16.3. The first-order valence-electron chi connectivity index (χ1n) is 9.22. The summed E-state index contributed by atoms with van der Waals surface area (Å²) in [5.41, 5.74) is -0.437. The summed E-state index contributed by atoms with van der Waals surface area (Å²) >= 11 is 0. The molecule has 0 aliphatic carbocycles. The number of ether oxygens (including phenoxy) is 1. The topological polar surface area (TPSA) is 63.5 Å². The van der Waals surface area contributed by atoms with Gasteiger partial charge in [0.15, 0.2) is 0 Å². The van der Waals surface area contributed by atoms with Crippen LogP contribution in [-0.2, 0) is 18.3 Å². The molecule has 2 saturated heterocycles. The van der Waals surface area contributed by atoms with E-state index >= 15 is 0 Å². The summed E-state index contributed by atoms with van der Waals surface area (Å²) in [5.74, 6) is 1.92. The molecule has 2 fully saturated rings. The number of amides is 1. The number of hydrogen-bond donors (Lipinski definition) is 0. The van der Waals surface area contributed by atoms with Gasteiger partial charge in [-0.25, -0.2) is 4.79 Å². The summed E-state index contributed by atoms with van der Waals surface area (Å²) in [7, 11) is 4.16. The molecule has 25 heavy (non-hydrogen) atoms. The molecule has 1 amide bonds. The van der Waals surface area contributed by atoms with Gasteiger partial charge >= 0.3 is 6.09 Å². The predicted molar refractivity (Wildman–Crippen MR) is 95.1 cm³/mol. The van der Waals surface area contributed by atoms with Crippen LogP contribution in [0.25, 0.3) is 0 Å². The smallest absolute Gasteiger partial charge is 0.410 e. The fourth-order valence-electron chi connectivity index (χ4n) is 4.06. The lowest BCUT2D eigenvalue weighted by atomic mass is 9.96. The molecule has 3 rings (SSSR count). The van der Waals surface area contributed by atoms with Crippen LogP contribution in [0.5, 0.6) is 0 Å². The number of hydrogen-bond acceptors (Lipinski definition) is 5. The van der Waals surface area contributed by atoms with Gasteiger partial charge in [-0.1, -0.05) is 0 Å². The van der Waals surface area contributed by atoms with Crippen LogP contribution in [0, 0.1) is 6.92 Å². The van der Waals surface area contributed by atoms with Crippen molar-refractivity contribution in [3.8, 4) is 0 Å². The van der Waals surface area contributed by atoms with Gasteiger partial charge in [-0.05, 0) is 60.4 Å². The van der Waals surface area contributed by atoms with Crippen molar-refractivity contribution < 1.29 is 9.53 Å². The van der Waals surface area contributed by atoms with Crippen molar-refractivity contribution in [2.45, 2.75) is 83.6 Å². The number of rotatable bonds is 3. The lowest BCUT2D eigenvalue weighted by Gasteiger charge is -2.42. The number of piperidine rings is 1. The molecule has 140 valence electrons. The average molecular weight is 349 g/mol. The van der Waals surface area contributed by atoms with E-state index in [9.17, 15) is 4.79 Å². The molecule has 2 bridgehead atoms. The second-order valence-electron chi connectivity index (χ2n) is 8.54. The van der Waals surface area contributed by atoms with Crippen LogP contribution in [0.3, 0.4) is 0 Å². The Bertz CT molecular complexity index is 622. The van der Waals surface area contributed by atoms with Gasteiger partial charge in [-0.3, -0.25) is 4.90 Å². The van der Waals surface area contributed by atoms with Gasteiger partial charge in [0.05, 0.1) is 6.54 Å². The average Bonchev–Trinajstić information content (AvgIpc) is 2.96. The second-order valence-corrected chi connectivity index (χ2v) is 8.54. The highest BCUT2D eigenvalue weighted by molar-refractivity contribution is 5.69. The van der Waals surface area contributed by atoms with Crippen LogP contribution in [0.15, 0.2) is 0 Å². The predicted octanol–water partition coefficient (Wildman–Crippen LogP) is 2.49. The van der Waals surface area contributed by atoms with Gasteiger partial charge in [0.1, 0.15) is 17.2 Å². The highest BCUT2D eigenvalue weighted by atomic mass is 16.6. The van der Waals surface area contributed by atoms with Crippen LogP contribution >= 0.6 is 0 Å². The van der Waals surface area contributed by atoms with Crippen molar-refractivity contribution in [3.63, 3.8) is 0 Å². The first-order valence-corrected chi connectivity index (χ1v) is 9.22. The fourth-order valence-corrected chi connectivity index (χ4v) is 4.06. The summed E-state index contributed by atoms with van der Waals surface area (Å²) in [4.78, 5) is 16.9. The Morgan fingerprint density at radius 2 is 1.84 bits per heavy atom. The van der Waals surface area contributed by atoms with Crippen molar-refractivity contribution in [3.05, 3.63) is 11.6 Å². The molecule has 0 spiro atoms. The molecule has 0 aromatic carbocycles. The van der Waals surface area contributed by atoms with E-state index in [4.69, 9.17) is 4.74 Å². The van der Waals surface area contributed by atoms with E-state index in [1.807, 2.05) is 44.2 Å². The van der Waals surface area contributed by atoms with Gasteiger partial charge in [0, 0.05) is 25.2 Å². The van der Waals surface area contributed by atoms with E-state index in [1.54, 1.807) is 0 Å². The number of fused-ring (bicyclic) bond motifs is 2. The Kier molecular flexibility index (Phi) is 4.79. The largest absolute Gasteiger partial charge is 0.444 e. The van der Waals surface area contributed by atoms with Gasteiger partial charge in [0.25, 0.3) is 0 Å². The zero-order chi connectivity index (χ0) is 18.4. The van der Waals surface area contributed by atoms with Crippen molar-refractivity contribution in [2.24, 2.45) is 7.05 Å². The summed E-state index contributed by atoms with van der Waals surface area (Å²) in [6, 6.07) is 1.05. The molecule has 7 nitrogen and oxygen atoms in total. The lowest BCUT2D eigenvalue weighted by Crippen LogP contribution is -2.52. The van der Waals surface area contributed by atoms with E-state index in [0.29, 0.717) is 18.1 Å². The van der Waals surface area contributed by atoms with E-state index < -0.39 is 5.60 Å². The number of carbonyl (C=O) groups excluding carboxylic acids is 1. The molecule has 3 heterocycles. The van der Waals surface area contributed by atoms with Crippen LogP contribution in [0.2, 0.25) is 0 Å². The maximum Gasteiger partial charge on any atom is 0.410 e. The minimum absolute atomic E-state index is 0.148. The highest BCUT2D eigenvalue weighted by Crippen LogP contribution is 2.38. The maximum atomic E-state index is 12.6. The zero-order valence-corrected chi connectivity index (χ0v) is 16.3. The first kappa shape index (κ1) is 18.2. The standard InChI is InChI=1S/C18H31N5O2/c1-12-19-20-16(22(12)6)11-21(5)15-9-13-7-8-14(10-15)23(13)17(24)25-18(2,3)4/h13-15H,7-11H2,1-6H3/t13-,14+,15?. The highest BCUT2D eigenvalue weighted by Gasteiger charge is 2.45. The van der Waals surface area contributed by atoms with E-state index in [0.717, 1.165) is 43.9 Å². The summed E-state index contributed by atoms with van der Waals surface area (Å²) < 4.78 is 7.66. The fraction of sp³-hybridized carbons (Fsp3) is 0.833. The normalized spacial score (nSPS) is 26.4. The molecule has 2 aliphatic heterocycles. The molecule has 0 radical (unpaired) electrons. The Hall–Kier alpha value is -1.63. The van der Waals surface area contributed by atoms with Gasteiger partial charge < -0.3 is 14.2 Å². The maximum absolute atomic E-state index is 12.6. The molecule has 7 heteroatoms. The monoisotopic (exact) mass is 349 g/mol. The number of aryl methyl sites for hydroxylation is 1. The van der Waals surface area contributed by atoms with Crippen LogP contribution in [0.4, 0.5) is 4.79 Å². The molecule has 3 atom stereocenters. The van der Waals surface area contributed by atoms with Crippen molar-refractivity contribution >= 4 is 6.09 Å². The Morgan fingerprint density at radius 1 is 1.24 bits per heavy atom. The number of aromatic nitrogens is 3. The first-order chi connectivity index (χ1) is 11.7. The summed E-state index contributed by atoms with van der Waals surface area (Å²) in [5, 5.41) is 8.42. The summed E-state index contributed by atoms with van der Waals surface area (Å²) in [6.45, 7) is 8.53. The lowest BCUT2D eigenvalue weighted by molar-refractivity contribution is -0.00299. The second kappa shape index (κ2) is 6.59. The molecular formula is C18H31N5O2. The van der Waals surface area contributed by atoms with E-state index in [1.165, 1.54) is 0 Å². The van der Waals surface area contributed by atoms with Crippen molar-refractivity contribution in [2.75, 3.05) is 7.05 Å². The van der Waals surface area contributed by atoms with Crippen molar-refractivity contribution in [1.82, 2.24) is 24.6 Å². The molecule has 0 saturated carbocycles. The Labute approximate surface area is 150 Å². The summed E-state index contributed by atoms with van der Waals surface area (Å²) in [6.07, 6.45) is 4.02. The Morgan fingerprint density at radius 3 is 2.32 bits per heavy atom. The van der Waals surface area contributed by atoms with E-state index in [2.05, 4.69) is 22.1 Å².